The maximum Gasteiger partial charge on any atom is 0.406 e. The number of nitrogens with zero attached hydrogens (tertiary/aromatic N) is 2. The van der Waals surface area contributed by atoms with Crippen molar-refractivity contribution in [3.05, 3.63) is 27.9 Å². The second-order valence-electron chi connectivity index (χ2n) is 8.51. The summed E-state index contributed by atoms with van der Waals surface area (Å²) in [6.45, 7) is 2.15. The Morgan fingerprint density at radius 2 is 1.88 bits per heavy atom. The first kappa shape index (κ1) is 17.2. The van der Waals surface area contributed by atoms with Crippen LogP contribution in [0.1, 0.15) is 44.2 Å². The van der Waals surface area contributed by atoms with Crippen molar-refractivity contribution in [2.24, 2.45) is 23.2 Å². The molecule has 5 rings (SSSR count). The number of pyridine rings is 1. The molecule has 4 aliphatic rings. The average Bonchev–Trinajstić information content (AvgIpc) is 2.57. The Balaban J connectivity index is 1.32. The van der Waals surface area contributed by atoms with E-state index in [1.807, 2.05) is 0 Å². The van der Waals surface area contributed by atoms with Crippen LogP contribution in [0.25, 0.3) is 0 Å². The average molecular weight is 359 g/mol. The Labute approximate surface area is 152 Å². The van der Waals surface area contributed by atoms with Crippen molar-refractivity contribution in [1.29, 1.82) is 0 Å². The lowest BCUT2D eigenvalue weighted by Gasteiger charge is -2.56. The third-order valence-electron chi connectivity index (χ3n) is 6.34. The molecule has 1 heterocycles. The van der Waals surface area contributed by atoms with Gasteiger partial charge in [-0.1, -0.05) is 0 Å². The van der Waals surface area contributed by atoms with Crippen molar-refractivity contribution in [3.8, 4) is 5.75 Å². The lowest BCUT2D eigenvalue weighted by atomic mass is 9.49. The summed E-state index contributed by atoms with van der Waals surface area (Å²) in [5.41, 5.74) is 0.803. The number of aromatic nitrogens is 1. The molecule has 4 bridgehead atoms. The van der Waals surface area contributed by atoms with Gasteiger partial charge < -0.3 is 20.2 Å². The summed E-state index contributed by atoms with van der Waals surface area (Å²) in [5.74, 6) is 1.99. The largest absolute Gasteiger partial charge is 0.476 e. The highest BCUT2D eigenvalue weighted by molar-refractivity contribution is 5.77. The molecule has 26 heavy (non-hydrogen) atoms. The van der Waals surface area contributed by atoms with E-state index in [0.29, 0.717) is 12.2 Å². The number of aryl methyl sites for hydroxylation is 1. The summed E-state index contributed by atoms with van der Waals surface area (Å²) in [4.78, 5) is 26.6. The molecule has 0 spiro atoms. The zero-order valence-electron chi connectivity index (χ0n) is 15.1. The van der Waals surface area contributed by atoms with E-state index in [1.165, 1.54) is 44.6 Å². The molecule has 1 amide bonds. The zero-order valence-corrected chi connectivity index (χ0v) is 15.1. The Morgan fingerprint density at radius 3 is 2.46 bits per heavy atom. The molecule has 0 radical (unpaired) electrons. The number of nitro groups is 1. The fraction of sp³-hybridized carbons (Fsp3) is 0.684. The fourth-order valence-corrected chi connectivity index (χ4v) is 5.76. The molecular weight excluding hydrogens is 334 g/mol. The first-order chi connectivity index (χ1) is 12.4. The maximum absolute atomic E-state index is 12.2. The second kappa shape index (κ2) is 6.52. The standard InChI is InChI=1S/C19H25N3O4/c1-12-2-3-16(18(21-12)22(24)25)26-10-17(23)20-11-19-7-13-4-14(8-19)6-15(5-13)9-19/h2-3,13-15H,4-11H2,1H3,(H,20,23). The van der Waals surface area contributed by atoms with Crippen LogP contribution in [0.5, 0.6) is 5.75 Å². The molecule has 4 saturated carbocycles. The second-order valence-corrected chi connectivity index (χ2v) is 8.51. The minimum absolute atomic E-state index is 0.0329. The SMILES string of the molecule is Cc1ccc(OCC(=O)NCC23CC4CC(CC(C4)C2)C3)c([N+](=O)[O-])n1. The number of amides is 1. The first-order valence-corrected chi connectivity index (χ1v) is 9.44. The Hall–Kier alpha value is -2.18. The topological polar surface area (TPSA) is 94.4 Å². The summed E-state index contributed by atoms with van der Waals surface area (Å²) in [6.07, 6.45) is 7.82. The van der Waals surface area contributed by atoms with Crippen LogP contribution in [0.2, 0.25) is 0 Å². The molecule has 1 aromatic rings. The van der Waals surface area contributed by atoms with E-state index >= 15 is 0 Å². The van der Waals surface area contributed by atoms with Crippen LogP contribution in [-0.4, -0.2) is 29.0 Å². The number of nitrogens with one attached hydrogen (secondary N) is 1. The smallest absolute Gasteiger partial charge is 0.406 e. The molecular formula is C19H25N3O4. The van der Waals surface area contributed by atoms with Crippen molar-refractivity contribution in [2.45, 2.75) is 45.4 Å². The molecule has 7 heteroatoms. The molecule has 0 unspecified atom stereocenters. The van der Waals surface area contributed by atoms with Gasteiger partial charge in [-0.05, 0) is 83.7 Å². The van der Waals surface area contributed by atoms with Crippen molar-refractivity contribution >= 4 is 11.7 Å². The van der Waals surface area contributed by atoms with Gasteiger partial charge in [-0.25, -0.2) is 0 Å². The number of carbonyl (C=O) groups is 1. The molecule has 0 atom stereocenters. The number of carbonyl (C=O) groups excluding carboxylic acids is 1. The van der Waals surface area contributed by atoms with Gasteiger partial charge in [0.2, 0.25) is 5.75 Å². The van der Waals surface area contributed by atoms with Gasteiger partial charge in [0.25, 0.3) is 5.91 Å². The van der Waals surface area contributed by atoms with Crippen molar-refractivity contribution < 1.29 is 14.5 Å². The van der Waals surface area contributed by atoms with Crippen LogP contribution in [0, 0.1) is 40.2 Å². The van der Waals surface area contributed by atoms with E-state index in [9.17, 15) is 14.9 Å². The molecule has 1 N–H and O–H groups in total. The van der Waals surface area contributed by atoms with E-state index < -0.39 is 4.92 Å². The molecule has 0 saturated heterocycles. The van der Waals surface area contributed by atoms with E-state index in [2.05, 4.69) is 10.3 Å². The van der Waals surface area contributed by atoms with Crippen LogP contribution in [-0.2, 0) is 4.79 Å². The van der Waals surface area contributed by atoms with Gasteiger partial charge in [0.05, 0.1) is 0 Å². The van der Waals surface area contributed by atoms with Crippen molar-refractivity contribution in [1.82, 2.24) is 10.3 Å². The fourth-order valence-electron chi connectivity index (χ4n) is 5.76. The van der Waals surface area contributed by atoms with E-state index in [1.54, 1.807) is 13.0 Å². The van der Waals surface area contributed by atoms with Gasteiger partial charge in [-0.3, -0.25) is 4.79 Å². The van der Waals surface area contributed by atoms with Gasteiger partial charge in [0, 0.05) is 13.5 Å². The minimum Gasteiger partial charge on any atom is -0.476 e. The minimum atomic E-state index is -0.588. The molecule has 4 aliphatic carbocycles. The Morgan fingerprint density at radius 1 is 1.27 bits per heavy atom. The predicted octanol–water partition coefficient (Wildman–Crippen LogP) is 3.01. The van der Waals surface area contributed by atoms with Gasteiger partial charge >= 0.3 is 5.82 Å². The monoisotopic (exact) mass is 359 g/mol. The van der Waals surface area contributed by atoms with Crippen LogP contribution < -0.4 is 10.1 Å². The normalized spacial score (nSPS) is 31.7. The molecule has 0 aliphatic heterocycles. The summed E-state index contributed by atoms with van der Waals surface area (Å²) < 4.78 is 5.37. The van der Waals surface area contributed by atoms with E-state index in [0.717, 1.165) is 17.8 Å². The van der Waals surface area contributed by atoms with Crippen molar-refractivity contribution in [3.63, 3.8) is 0 Å². The molecule has 4 fully saturated rings. The number of ether oxygens (including phenoxy) is 1. The first-order valence-electron chi connectivity index (χ1n) is 9.44. The summed E-state index contributed by atoms with van der Waals surface area (Å²) >= 11 is 0. The maximum atomic E-state index is 12.2. The van der Waals surface area contributed by atoms with Crippen LogP contribution in [0.4, 0.5) is 5.82 Å². The lowest BCUT2D eigenvalue weighted by Crippen LogP contribution is -2.51. The number of rotatable bonds is 6. The molecule has 7 nitrogen and oxygen atoms in total. The van der Waals surface area contributed by atoms with Crippen LogP contribution in [0.3, 0.4) is 0 Å². The molecule has 140 valence electrons. The number of hydrogen-bond acceptors (Lipinski definition) is 5. The zero-order chi connectivity index (χ0) is 18.3. The number of hydrogen-bond donors (Lipinski definition) is 1. The summed E-state index contributed by atoms with van der Waals surface area (Å²) in [7, 11) is 0. The van der Waals surface area contributed by atoms with Gasteiger partial charge in [-0.15, -0.1) is 0 Å². The van der Waals surface area contributed by atoms with Gasteiger partial charge in [0.1, 0.15) is 5.69 Å². The highest BCUT2D eigenvalue weighted by Crippen LogP contribution is 2.59. The lowest BCUT2D eigenvalue weighted by molar-refractivity contribution is -0.390. The Bertz CT molecular complexity index is 698. The van der Waals surface area contributed by atoms with Crippen molar-refractivity contribution in [2.75, 3.05) is 13.2 Å². The van der Waals surface area contributed by atoms with Gasteiger partial charge in [-0.2, -0.15) is 0 Å². The van der Waals surface area contributed by atoms with E-state index in [-0.39, 0.29) is 29.5 Å². The Kier molecular flexibility index (Phi) is 4.32. The van der Waals surface area contributed by atoms with Crippen LogP contribution >= 0.6 is 0 Å². The summed E-state index contributed by atoms with van der Waals surface area (Å²) in [6, 6.07) is 3.13. The third-order valence-corrected chi connectivity index (χ3v) is 6.34. The quantitative estimate of drug-likeness (QED) is 0.622. The highest BCUT2D eigenvalue weighted by atomic mass is 16.6. The van der Waals surface area contributed by atoms with Crippen LogP contribution in [0.15, 0.2) is 12.1 Å². The summed E-state index contributed by atoms with van der Waals surface area (Å²) in [5, 5.41) is 14.1. The predicted molar refractivity (Wildman–Crippen MR) is 94.7 cm³/mol. The van der Waals surface area contributed by atoms with Gasteiger partial charge in [0.15, 0.2) is 6.61 Å². The molecule has 1 aromatic heterocycles. The molecule has 0 aromatic carbocycles. The third kappa shape index (κ3) is 3.39. The highest BCUT2D eigenvalue weighted by Gasteiger charge is 2.50. The van der Waals surface area contributed by atoms with E-state index in [4.69, 9.17) is 4.74 Å².